The van der Waals surface area contributed by atoms with E-state index in [2.05, 4.69) is 9.97 Å². The molecule has 0 bridgehead atoms. The van der Waals surface area contributed by atoms with Crippen molar-refractivity contribution in [1.82, 2.24) is 9.97 Å². The van der Waals surface area contributed by atoms with Gasteiger partial charge in [-0.25, -0.2) is 13.8 Å². The van der Waals surface area contributed by atoms with E-state index < -0.39 is 23.2 Å². The van der Waals surface area contributed by atoms with E-state index in [1.54, 1.807) is 0 Å². The highest BCUT2D eigenvalue weighted by atomic mass is 19.4. The van der Waals surface area contributed by atoms with Crippen molar-refractivity contribution in [2.75, 3.05) is 0 Å². The van der Waals surface area contributed by atoms with E-state index in [4.69, 9.17) is 4.42 Å². The van der Waals surface area contributed by atoms with Crippen molar-refractivity contribution >= 4 is 0 Å². The van der Waals surface area contributed by atoms with Crippen LogP contribution in [-0.4, -0.2) is 9.97 Å². The Kier molecular flexibility index (Phi) is 4.95. The van der Waals surface area contributed by atoms with Crippen molar-refractivity contribution in [2.45, 2.75) is 25.9 Å². The standard InChI is InChI=1S/C23H17F5N2O/c1-13-20(14-6-4-3-5-7-14)30-21(29-13)19-9-8-18(31-19)15-10-16(22(2,24)25)12-17(11-15)23(26,27)28/h3-12H,1-2H3,(H,29,30). The molecule has 0 fully saturated rings. The van der Waals surface area contributed by atoms with Crippen LogP contribution in [-0.2, 0) is 12.1 Å². The largest absolute Gasteiger partial charge is 0.453 e. The van der Waals surface area contributed by atoms with Crippen molar-refractivity contribution in [2.24, 2.45) is 0 Å². The molecule has 31 heavy (non-hydrogen) atoms. The van der Waals surface area contributed by atoms with Gasteiger partial charge < -0.3 is 9.40 Å². The molecule has 0 aliphatic rings. The first-order chi connectivity index (χ1) is 14.5. The number of H-pyrrole nitrogens is 1. The summed E-state index contributed by atoms with van der Waals surface area (Å²) in [4.78, 5) is 7.61. The molecule has 0 atom stereocenters. The molecular weight excluding hydrogens is 415 g/mol. The topological polar surface area (TPSA) is 41.8 Å². The van der Waals surface area contributed by atoms with Gasteiger partial charge in [-0.1, -0.05) is 30.3 Å². The smallest absolute Gasteiger partial charge is 0.416 e. The number of halogens is 5. The van der Waals surface area contributed by atoms with Gasteiger partial charge in [0.25, 0.3) is 5.92 Å². The number of benzene rings is 2. The van der Waals surface area contributed by atoms with Gasteiger partial charge >= 0.3 is 6.18 Å². The third-order valence-corrected chi connectivity index (χ3v) is 4.82. The molecular formula is C23H17F5N2O. The van der Waals surface area contributed by atoms with Gasteiger partial charge in [-0.2, -0.15) is 13.2 Å². The zero-order valence-electron chi connectivity index (χ0n) is 16.5. The van der Waals surface area contributed by atoms with Gasteiger partial charge in [0.1, 0.15) is 5.76 Å². The summed E-state index contributed by atoms with van der Waals surface area (Å²) in [5.74, 6) is -2.74. The summed E-state index contributed by atoms with van der Waals surface area (Å²) in [6, 6.07) is 14.6. The lowest BCUT2D eigenvalue weighted by molar-refractivity contribution is -0.137. The van der Waals surface area contributed by atoms with Gasteiger partial charge in [0.2, 0.25) is 0 Å². The molecule has 2 heterocycles. The Balaban J connectivity index is 1.75. The van der Waals surface area contributed by atoms with E-state index in [0.29, 0.717) is 24.5 Å². The number of nitrogens with one attached hydrogen (secondary N) is 1. The van der Waals surface area contributed by atoms with Gasteiger partial charge in [-0.3, -0.25) is 0 Å². The Morgan fingerprint density at radius 2 is 1.45 bits per heavy atom. The number of hydrogen-bond donors (Lipinski definition) is 1. The Morgan fingerprint density at radius 3 is 2.10 bits per heavy atom. The molecule has 2 aromatic carbocycles. The number of nitrogens with zero attached hydrogens (tertiary/aromatic N) is 1. The molecule has 2 aromatic heterocycles. The predicted octanol–water partition coefficient (Wildman–Crippen LogP) is 7.44. The molecule has 3 nitrogen and oxygen atoms in total. The maximum Gasteiger partial charge on any atom is 0.416 e. The number of rotatable bonds is 4. The molecule has 4 aromatic rings. The Morgan fingerprint density at radius 1 is 0.806 bits per heavy atom. The summed E-state index contributed by atoms with van der Waals surface area (Å²) in [6.07, 6.45) is -4.77. The molecule has 0 aliphatic heterocycles. The number of aromatic amines is 1. The van der Waals surface area contributed by atoms with Crippen LogP contribution >= 0.6 is 0 Å². The molecule has 0 saturated heterocycles. The second kappa shape index (κ2) is 7.37. The molecule has 0 unspecified atom stereocenters. The van der Waals surface area contributed by atoms with Crippen molar-refractivity contribution < 1.29 is 26.4 Å². The van der Waals surface area contributed by atoms with Crippen LogP contribution < -0.4 is 0 Å². The zero-order valence-corrected chi connectivity index (χ0v) is 16.5. The Labute approximate surface area is 174 Å². The highest BCUT2D eigenvalue weighted by Crippen LogP contribution is 2.39. The summed E-state index contributed by atoms with van der Waals surface area (Å²) in [5.41, 5.74) is 0.382. The average molecular weight is 432 g/mol. The third-order valence-electron chi connectivity index (χ3n) is 4.82. The molecule has 8 heteroatoms. The van der Waals surface area contributed by atoms with Gasteiger partial charge in [0.15, 0.2) is 11.6 Å². The zero-order chi connectivity index (χ0) is 22.4. The minimum atomic E-state index is -4.77. The van der Waals surface area contributed by atoms with Crippen LogP contribution in [0.15, 0.2) is 65.1 Å². The fraction of sp³-hybridized carbons (Fsp3) is 0.174. The van der Waals surface area contributed by atoms with Crippen LogP contribution in [0.3, 0.4) is 0 Å². The first-order valence-electron chi connectivity index (χ1n) is 9.35. The number of alkyl halides is 5. The SMILES string of the molecule is Cc1[nH]c(-c2ccc(-c3cc(C(C)(F)F)cc(C(F)(F)F)c3)o2)nc1-c1ccccc1. The number of aromatic nitrogens is 2. The van der Waals surface area contributed by atoms with Crippen molar-refractivity contribution in [3.63, 3.8) is 0 Å². The van der Waals surface area contributed by atoms with Crippen molar-refractivity contribution in [3.8, 4) is 34.2 Å². The van der Waals surface area contributed by atoms with Crippen LogP contribution in [0.4, 0.5) is 22.0 Å². The number of imidazole rings is 1. The number of aryl methyl sites for hydroxylation is 1. The molecule has 0 saturated carbocycles. The van der Waals surface area contributed by atoms with Crippen LogP contribution in [0.2, 0.25) is 0 Å². The summed E-state index contributed by atoms with van der Waals surface area (Å²) in [7, 11) is 0. The van der Waals surface area contributed by atoms with E-state index >= 15 is 0 Å². The maximum absolute atomic E-state index is 13.8. The fourth-order valence-corrected chi connectivity index (χ4v) is 3.26. The lowest BCUT2D eigenvalue weighted by Crippen LogP contribution is -2.11. The van der Waals surface area contributed by atoms with E-state index in [-0.39, 0.29) is 17.1 Å². The minimum Gasteiger partial charge on any atom is -0.453 e. The van der Waals surface area contributed by atoms with Crippen LogP contribution in [0.5, 0.6) is 0 Å². The van der Waals surface area contributed by atoms with E-state index in [9.17, 15) is 22.0 Å². The van der Waals surface area contributed by atoms with Crippen LogP contribution in [0.1, 0.15) is 23.7 Å². The number of furan rings is 1. The van der Waals surface area contributed by atoms with Crippen molar-refractivity contribution in [3.05, 3.63) is 77.5 Å². The lowest BCUT2D eigenvalue weighted by atomic mass is 10.0. The van der Waals surface area contributed by atoms with Gasteiger partial charge in [0.05, 0.1) is 11.3 Å². The van der Waals surface area contributed by atoms with Crippen molar-refractivity contribution in [1.29, 1.82) is 0 Å². The maximum atomic E-state index is 13.8. The monoisotopic (exact) mass is 432 g/mol. The Hall–Kier alpha value is -3.42. The molecule has 0 aliphatic carbocycles. The lowest BCUT2D eigenvalue weighted by Gasteiger charge is -2.15. The first-order valence-corrected chi connectivity index (χ1v) is 9.35. The van der Waals surface area contributed by atoms with Crippen LogP contribution in [0.25, 0.3) is 34.2 Å². The summed E-state index contributed by atoms with van der Waals surface area (Å²) >= 11 is 0. The second-order valence-corrected chi connectivity index (χ2v) is 7.27. The Bertz CT molecular complexity index is 1180. The van der Waals surface area contributed by atoms with E-state index in [0.717, 1.165) is 23.4 Å². The summed E-state index contributed by atoms with van der Waals surface area (Å²) < 4.78 is 73.0. The average Bonchev–Trinajstić information content (AvgIpc) is 3.34. The predicted molar refractivity (Wildman–Crippen MR) is 106 cm³/mol. The minimum absolute atomic E-state index is 0.0296. The fourth-order valence-electron chi connectivity index (χ4n) is 3.26. The van der Waals surface area contributed by atoms with Gasteiger partial charge in [-0.05, 0) is 37.3 Å². The normalized spacial score (nSPS) is 12.4. The molecule has 1 N–H and O–H groups in total. The van der Waals surface area contributed by atoms with Crippen LogP contribution in [0, 0.1) is 6.92 Å². The molecule has 0 spiro atoms. The number of hydrogen-bond acceptors (Lipinski definition) is 2. The van der Waals surface area contributed by atoms with E-state index in [1.807, 2.05) is 37.3 Å². The molecule has 0 amide bonds. The molecule has 4 rings (SSSR count). The second-order valence-electron chi connectivity index (χ2n) is 7.27. The highest BCUT2D eigenvalue weighted by Gasteiger charge is 2.35. The highest BCUT2D eigenvalue weighted by molar-refractivity contribution is 5.68. The van der Waals surface area contributed by atoms with Gasteiger partial charge in [-0.15, -0.1) is 0 Å². The van der Waals surface area contributed by atoms with Gasteiger partial charge in [0, 0.05) is 29.3 Å². The molecule has 160 valence electrons. The summed E-state index contributed by atoms with van der Waals surface area (Å²) in [5, 5.41) is 0. The quantitative estimate of drug-likeness (QED) is 0.341. The third kappa shape index (κ3) is 4.23. The first kappa shape index (κ1) is 20.8. The van der Waals surface area contributed by atoms with E-state index in [1.165, 1.54) is 12.1 Å². The molecule has 0 radical (unpaired) electrons. The summed E-state index contributed by atoms with van der Waals surface area (Å²) in [6.45, 7) is 2.39.